The molecule has 2 aromatic carbocycles. The summed E-state index contributed by atoms with van der Waals surface area (Å²) in [7, 11) is 0. The summed E-state index contributed by atoms with van der Waals surface area (Å²) < 4.78 is 9.22. The summed E-state index contributed by atoms with van der Waals surface area (Å²) in [5.41, 5.74) is 2.64. The Morgan fingerprint density at radius 3 is 2.74 bits per heavy atom. The highest BCUT2D eigenvalue weighted by molar-refractivity contribution is 7.98. The molecule has 1 aliphatic heterocycles. The number of carbonyl (C=O) groups is 1. The maximum absolute atomic E-state index is 13.3. The second kappa shape index (κ2) is 11.7. The SMILES string of the molecule is O=C(c1csc(CSc2nnc(-c3ccco3)n2-c2cc(Cl)ccc2Cl)n1)N1CCC(n2c(=O)[nH]c3ccccc32)CC1. The molecular weight excluding hydrogens is 629 g/mol. The number of aromatic amines is 1. The molecule has 0 unspecified atom stereocenters. The van der Waals surface area contributed by atoms with Gasteiger partial charge in [-0.05, 0) is 55.3 Å². The molecule has 0 radical (unpaired) electrons. The molecule has 0 atom stereocenters. The maximum atomic E-state index is 13.3. The number of likely N-dealkylation sites (tertiary alicyclic amines) is 1. The molecule has 0 bridgehead atoms. The Morgan fingerprint density at radius 1 is 1.09 bits per heavy atom. The Hall–Kier alpha value is -3.84. The van der Waals surface area contributed by atoms with Crippen LogP contribution in [0.25, 0.3) is 28.3 Å². The molecule has 0 spiro atoms. The Morgan fingerprint density at radius 2 is 1.93 bits per heavy atom. The number of furan rings is 1. The number of carbonyl (C=O) groups excluding carboxylic acids is 1. The number of fused-ring (bicyclic) bond motifs is 1. The van der Waals surface area contributed by atoms with Gasteiger partial charge in [-0.25, -0.2) is 9.78 Å². The van der Waals surface area contributed by atoms with Crippen LogP contribution in [0, 0.1) is 0 Å². The van der Waals surface area contributed by atoms with Crippen LogP contribution >= 0.6 is 46.3 Å². The lowest BCUT2D eigenvalue weighted by atomic mass is 10.0. The van der Waals surface area contributed by atoms with Crippen molar-refractivity contribution in [1.82, 2.24) is 34.2 Å². The van der Waals surface area contributed by atoms with Crippen molar-refractivity contribution in [2.24, 2.45) is 0 Å². The van der Waals surface area contributed by atoms with Crippen LogP contribution < -0.4 is 5.69 Å². The fraction of sp³-hybridized carbons (Fsp3) is 0.207. The first kappa shape index (κ1) is 28.0. The van der Waals surface area contributed by atoms with Gasteiger partial charge < -0.3 is 14.3 Å². The van der Waals surface area contributed by atoms with E-state index in [9.17, 15) is 9.59 Å². The van der Waals surface area contributed by atoms with E-state index in [4.69, 9.17) is 27.6 Å². The Kier molecular flexibility index (Phi) is 7.60. The first-order chi connectivity index (χ1) is 21.0. The number of amides is 1. The first-order valence-electron chi connectivity index (χ1n) is 13.5. The molecule has 10 nitrogen and oxygen atoms in total. The number of para-hydroxylation sites is 2. The van der Waals surface area contributed by atoms with Crippen molar-refractivity contribution in [3.8, 4) is 17.3 Å². The van der Waals surface area contributed by atoms with Crippen LogP contribution in [0.15, 0.2) is 80.6 Å². The van der Waals surface area contributed by atoms with E-state index in [-0.39, 0.29) is 17.6 Å². The number of aromatic nitrogens is 6. The molecule has 5 heterocycles. The highest BCUT2D eigenvalue weighted by Gasteiger charge is 2.28. The van der Waals surface area contributed by atoms with E-state index in [0.29, 0.717) is 69.9 Å². The van der Waals surface area contributed by atoms with Gasteiger partial charge in [-0.1, -0.05) is 47.1 Å². The van der Waals surface area contributed by atoms with Crippen LogP contribution in [0.5, 0.6) is 0 Å². The first-order valence-corrected chi connectivity index (χ1v) is 16.1. The van der Waals surface area contributed by atoms with Crippen LogP contribution in [0.1, 0.15) is 34.4 Å². The molecule has 43 heavy (non-hydrogen) atoms. The number of halogens is 2. The molecule has 0 aliphatic carbocycles. The highest BCUT2D eigenvalue weighted by atomic mass is 35.5. The third-order valence-electron chi connectivity index (χ3n) is 7.36. The average molecular weight is 653 g/mol. The van der Waals surface area contributed by atoms with Gasteiger partial charge in [0.25, 0.3) is 5.91 Å². The number of imidazole rings is 1. The fourth-order valence-electron chi connectivity index (χ4n) is 5.33. The summed E-state index contributed by atoms with van der Waals surface area (Å²) in [5, 5.41) is 12.9. The molecule has 1 N–H and O–H groups in total. The average Bonchev–Trinajstić information content (AvgIpc) is 3.83. The minimum atomic E-state index is -0.114. The van der Waals surface area contributed by atoms with Gasteiger partial charge in [0.15, 0.2) is 10.9 Å². The third-order valence-corrected chi connectivity index (χ3v) is 9.89. The molecule has 218 valence electrons. The normalized spacial score (nSPS) is 14.1. The van der Waals surface area contributed by atoms with Crippen molar-refractivity contribution in [2.75, 3.05) is 13.1 Å². The van der Waals surface area contributed by atoms with Crippen LogP contribution in [0.2, 0.25) is 10.0 Å². The number of nitrogens with zero attached hydrogens (tertiary/aromatic N) is 6. The number of H-pyrrole nitrogens is 1. The zero-order chi connectivity index (χ0) is 29.5. The summed E-state index contributed by atoms with van der Waals surface area (Å²) >= 11 is 15.7. The molecule has 1 aliphatic rings. The van der Waals surface area contributed by atoms with Gasteiger partial charge in [-0.3, -0.25) is 13.9 Å². The standard InChI is InChI=1S/C29H23Cl2N7O3S2/c30-17-7-8-19(31)23(14-17)38-26(24-6-3-13-41-24)34-35-29(38)43-16-25-32-21(15-42-25)27(39)36-11-9-18(10-12-36)37-22-5-2-1-4-20(22)33-28(37)40/h1-8,13-15,18H,9-12,16H2,(H,33,40). The van der Waals surface area contributed by atoms with E-state index in [0.717, 1.165) is 16.0 Å². The van der Waals surface area contributed by atoms with Crippen molar-refractivity contribution in [1.29, 1.82) is 0 Å². The molecular formula is C29H23Cl2N7O3S2. The minimum Gasteiger partial charge on any atom is -0.461 e. The van der Waals surface area contributed by atoms with Crippen LogP contribution in [-0.2, 0) is 5.75 Å². The van der Waals surface area contributed by atoms with E-state index in [2.05, 4.69) is 20.2 Å². The lowest BCUT2D eigenvalue weighted by Crippen LogP contribution is -2.40. The van der Waals surface area contributed by atoms with Crippen molar-refractivity contribution in [2.45, 2.75) is 29.8 Å². The molecule has 14 heteroatoms. The second-order valence-corrected chi connectivity index (χ2v) is 12.7. The lowest BCUT2D eigenvalue weighted by molar-refractivity contribution is 0.0689. The molecule has 1 saturated heterocycles. The van der Waals surface area contributed by atoms with Crippen LogP contribution in [-0.4, -0.2) is 53.2 Å². The summed E-state index contributed by atoms with van der Waals surface area (Å²) in [5.74, 6) is 1.39. The van der Waals surface area contributed by atoms with E-state index in [1.54, 1.807) is 46.5 Å². The zero-order valence-corrected chi connectivity index (χ0v) is 25.6. The van der Waals surface area contributed by atoms with E-state index in [1.165, 1.54) is 23.1 Å². The third kappa shape index (κ3) is 5.40. The van der Waals surface area contributed by atoms with E-state index in [1.807, 2.05) is 33.7 Å². The second-order valence-electron chi connectivity index (χ2n) is 9.97. The number of rotatable bonds is 7. The molecule has 7 rings (SSSR count). The summed E-state index contributed by atoms with van der Waals surface area (Å²) in [6, 6.07) is 16.5. The Bertz CT molecular complexity index is 1990. The van der Waals surface area contributed by atoms with E-state index >= 15 is 0 Å². The van der Waals surface area contributed by atoms with Gasteiger partial charge in [0, 0.05) is 29.5 Å². The number of hydrogen-bond donors (Lipinski definition) is 1. The predicted molar refractivity (Wildman–Crippen MR) is 167 cm³/mol. The molecule has 6 aromatic rings. The lowest BCUT2D eigenvalue weighted by Gasteiger charge is -2.32. The topological polar surface area (TPSA) is 115 Å². The highest BCUT2D eigenvalue weighted by Crippen LogP contribution is 2.35. The number of thiazole rings is 1. The molecule has 1 amide bonds. The van der Waals surface area contributed by atoms with Gasteiger partial charge >= 0.3 is 5.69 Å². The van der Waals surface area contributed by atoms with Gasteiger partial charge in [-0.15, -0.1) is 21.5 Å². The Balaban J connectivity index is 1.05. The van der Waals surface area contributed by atoms with Crippen molar-refractivity contribution >= 4 is 63.2 Å². The predicted octanol–water partition coefficient (Wildman–Crippen LogP) is 6.70. The van der Waals surface area contributed by atoms with Gasteiger partial charge in [0.2, 0.25) is 5.82 Å². The quantitative estimate of drug-likeness (QED) is 0.191. The molecule has 1 fully saturated rings. The monoisotopic (exact) mass is 651 g/mol. The zero-order valence-electron chi connectivity index (χ0n) is 22.4. The van der Waals surface area contributed by atoms with Crippen molar-refractivity contribution < 1.29 is 9.21 Å². The largest absolute Gasteiger partial charge is 0.461 e. The number of piperidine rings is 1. The fourth-order valence-corrected chi connectivity index (χ4v) is 7.43. The number of benzene rings is 2. The maximum Gasteiger partial charge on any atom is 0.326 e. The number of thioether (sulfide) groups is 1. The van der Waals surface area contributed by atoms with Gasteiger partial charge in [-0.2, -0.15) is 0 Å². The van der Waals surface area contributed by atoms with Crippen LogP contribution in [0.4, 0.5) is 0 Å². The van der Waals surface area contributed by atoms with Crippen molar-refractivity contribution in [3.05, 3.63) is 97.5 Å². The van der Waals surface area contributed by atoms with Gasteiger partial charge in [0.1, 0.15) is 10.7 Å². The van der Waals surface area contributed by atoms with Crippen molar-refractivity contribution in [3.63, 3.8) is 0 Å². The number of nitrogens with one attached hydrogen (secondary N) is 1. The smallest absolute Gasteiger partial charge is 0.326 e. The summed E-state index contributed by atoms with van der Waals surface area (Å²) in [6.07, 6.45) is 2.96. The number of hydrogen-bond acceptors (Lipinski definition) is 8. The minimum absolute atomic E-state index is 0.0338. The molecule has 4 aromatic heterocycles. The van der Waals surface area contributed by atoms with Gasteiger partial charge in [0.05, 0.1) is 33.8 Å². The summed E-state index contributed by atoms with van der Waals surface area (Å²) in [4.78, 5) is 35.3. The Labute approximate surface area is 263 Å². The van der Waals surface area contributed by atoms with E-state index < -0.39 is 0 Å². The molecule has 0 saturated carbocycles. The summed E-state index contributed by atoms with van der Waals surface area (Å²) in [6.45, 7) is 1.10. The van der Waals surface area contributed by atoms with Crippen LogP contribution in [0.3, 0.4) is 0 Å².